The molecule has 2 amide bonds. The van der Waals surface area contributed by atoms with Gasteiger partial charge >= 0.3 is 0 Å². The monoisotopic (exact) mass is 388 g/mol. The summed E-state index contributed by atoms with van der Waals surface area (Å²) in [6.07, 6.45) is 1.30. The normalized spacial score (nSPS) is 12.6. The first-order valence-electron chi connectivity index (χ1n) is 8.48. The standard InChI is InChI=1S/C18H24N6O4/c1-9(15(19)25)10(2)22-18-21-8-14(16(20)26)17(24-18)23-11-5-12(27-3)7-13(6-11)28-4/h5-10H,1-4H3,(H2,19,25)(H2,20,26)(H2,21,22,23,24). The molecule has 10 nitrogen and oxygen atoms in total. The Bertz CT molecular complexity index is 851. The van der Waals surface area contributed by atoms with Crippen molar-refractivity contribution in [2.24, 2.45) is 17.4 Å². The lowest BCUT2D eigenvalue weighted by atomic mass is 10.0. The third kappa shape index (κ3) is 5.00. The molecular weight excluding hydrogens is 364 g/mol. The number of hydrogen-bond donors (Lipinski definition) is 4. The first-order chi connectivity index (χ1) is 13.2. The van der Waals surface area contributed by atoms with Crippen molar-refractivity contribution in [2.75, 3.05) is 24.9 Å². The van der Waals surface area contributed by atoms with E-state index in [2.05, 4.69) is 20.6 Å². The number of benzene rings is 1. The fraction of sp³-hybridized carbons (Fsp3) is 0.333. The van der Waals surface area contributed by atoms with Crippen molar-refractivity contribution in [3.63, 3.8) is 0 Å². The number of methoxy groups -OCH3 is 2. The summed E-state index contributed by atoms with van der Waals surface area (Å²) in [6, 6.07) is 4.81. The van der Waals surface area contributed by atoms with Crippen LogP contribution in [-0.2, 0) is 4.79 Å². The van der Waals surface area contributed by atoms with Crippen molar-refractivity contribution in [2.45, 2.75) is 19.9 Å². The van der Waals surface area contributed by atoms with Crippen molar-refractivity contribution in [3.8, 4) is 11.5 Å². The van der Waals surface area contributed by atoms with E-state index >= 15 is 0 Å². The van der Waals surface area contributed by atoms with Gasteiger partial charge in [0.2, 0.25) is 11.9 Å². The average Bonchev–Trinajstić information content (AvgIpc) is 2.66. The number of nitrogens with one attached hydrogen (secondary N) is 2. The number of carbonyl (C=O) groups excluding carboxylic acids is 2. The Balaban J connectivity index is 2.36. The van der Waals surface area contributed by atoms with Crippen molar-refractivity contribution >= 4 is 29.3 Å². The van der Waals surface area contributed by atoms with Crippen LogP contribution < -0.4 is 31.6 Å². The van der Waals surface area contributed by atoms with Crippen molar-refractivity contribution in [1.82, 2.24) is 9.97 Å². The molecule has 2 aromatic rings. The van der Waals surface area contributed by atoms with Gasteiger partial charge in [0, 0.05) is 36.1 Å². The van der Waals surface area contributed by atoms with Crippen LogP contribution in [-0.4, -0.2) is 42.0 Å². The number of hydrogen-bond acceptors (Lipinski definition) is 8. The van der Waals surface area contributed by atoms with E-state index in [1.54, 1.807) is 32.0 Å². The molecule has 1 aromatic carbocycles. The van der Waals surface area contributed by atoms with Gasteiger partial charge in [-0.2, -0.15) is 4.98 Å². The molecule has 0 fully saturated rings. The predicted octanol–water partition coefficient (Wildman–Crippen LogP) is 1.26. The lowest BCUT2D eigenvalue weighted by Crippen LogP contribution is -2.34. The number of nitrogens with zero attached hydrogens (tertiary/aromatic N) is 2. The van der Waals surface area contributed by atoms with E-state index in [4.69, 9.17) is 20.9 Å². The van der Waals surface area contributed by atoms with E-state index in [1.165, 1.54) is 20.4 Å². The van der Waals surface area contributed by atoms with Crippen LogP contribution in [0.5, 0.6) is 11.5 Å². The number of aromatic nitrogens is 2. The smallest absolute Gasteiger partial charge is 0.254 e. The highest BCUT2D eigenvalue weighted by atomic mass is 16.5. The van der Waals surface area contributed by atoms with Gasteiger partial charge in [-0.05, 0) is 6.92 Å². The average molecular weight is 388 g/mol. The summed E-state index contributed by atoms with van der Waals surface area (Å²) in [4.78, 5) is 31.5. The van der Waals surface area contributed by atoms with Gasteiger partial charge in [0.1, 0.15) is 22.9 Å². The molecule has 2 unspecified atom stereocenters. The van der Waals surface area contributed by atoms with Gasteiger partial charge < -0.3 is 31.6 Å². The van der Waals surface area contributed by atoms with Crippen molar-refractivity contribution in [3.05, 3.63) is 30.0 Å². The molecule has 0 aliphatic carbocycles. The van der Waals surface area contributed by atoms with Crippen molar-refractivity contribution in [1.29, 1.82) is 0 Å². The van der Waals surface area contributed by atoms with Gasteiger partial charge in [-0.15, -0.1) is 0 Å². The van der Waals surface area contributed by atoms with E-state index in [-0.39, 0.29) is 23.4 Å². The molecule has 28 heavy (non-hydrogen) atoms. The van der Waals surface area contributed by atoms with Gasteiger partial charge in [-0.1, -0.05) is 6.92 Å². The SMILES string of the molecule is COc1cc(Nc2nc(NC(C)C(C)C(N)=O)ncc2C(N)=O)cc(OC)c1. The van der Waals surface area contributed by atoms with Gasteiger partial charge in [-0.3, -0.25) is 9.59 Å². The third-order valence-corrected chi connectivity index (χ3v) is 4.22. The molecule has 6 N–H and O–H groups in total. The molecular formula is C18H24N6O4. The molecule has 2 rings (SSSR count). The molecule has 0 aliphatic rings. The third-order valence-electron chi connectivity index (χ3n) is 4.22. The molecule has 150 valence electrons. The number of ether oxygens (including phenoxy) is 2. The molecule has 0 aliphatic heterocycles. The number of carbonyl (C=O) groups is 2. The van der Waals surface area contributed by atoms with Gasteiger partial charge in [0.25, 0.3) is 5.91 Å². The fourth-order valence-corrected chi connectivity index (χ4v) is 2.32. The molecule has 0 spiro atoms. The van der Waals surface area contributed by atoms with Gasteiger partial charge in [0.15, 0.2) is 0 Å². The molecule has 1 aromatic heterocycles. The molecule has 0 bridgehead atoms. The molecule has 10 heteroatoms. The predicted molar refractivity (Wildman–Crippen MR) is 105 cm³/mol. The van der Waals surface area contributed by atoms with E-state index in [9.17, 15) is 9.59 Å². The van der Waals surface area contributed by atoms with Gasteiger partial charge in [-0.25, -0.2) is 4.98 Å². The number of anilines is 3. The quantitative estimate of drug-likeness (QED) is 0.500. The molecule has 1 heterocycles. The second-order valence-corrected chi connectivity index (χ2v) is 6.17. The topological polar surface area (TPSA) is 154 Å². The van der Waals surface area contributed by atoms with E-state index in [1.807, 2.05) is 0 Å². The zero-order valence-corrected chi connectivity index (χ0v) is 16.1. The zero-order valence-electron chi connectivity index (χ0n) is 16.1. The van der Waals surface area contributed by atoms with Crippen LogP contribution >= 0.6 is 0 Å². The summed E-state index contributed by atoms with van der Waals surface area (Å²) in [5.74, 6) is -0.0729. The highest BCUT2D eigenvalue weighted by Gasteiger charge is 2.20. The minimum Gasteiger partial charge on any atom is -0.497 e. The van der Waals surface area contributed by atoms with Crippen LogP contribution in [0.15, 0.2) is 24.4 Å². The Hall–Kier alpha value is -3.56. The summed E-state index contributed by atoms with van der Waals surface area (Å²) in [5, 5.41) is 6.02. The van der Waals surface area contributed by atoms with E-state index in [0.717, 1.165) is 0 Å². The maximum absolute atomic E-state index is 11.8. The maximum atomic E-state index is 11.8. The first kappa shape index (κ1) is 20.7. The van der Waals surface area contributed by atoms with Crippen molar-refractivity contribution < 1.29 is 19.1 Å². The zero-order chi connectivity index (χ0) is 20.8. The fourth-order valence-electron chi connectivity index (χ4n) is 2.32. The van der Waals surface area contributed by atoms with Crippen LogP contribution in [0, 0.1) is 5.92 Å². The lowest BCUT2D eigenvalue weighted by molar-refractivity contribution is -0.121. The Morgan fingerprint density at radius 2 is 1.68 bits per heavy atom. The molecule has 0 saturated carbocycles. The first-order valence-corrected chi connectivity index (χ1v) is 8.48. The molecule has 0 saturated heterocycles. The van der Waals surface area contributed by atoms with Crippen LogP contribution in [0.25, 0.3) is 0 Å². The summed E-state index contributed by atoms with van der Waals surface area (Å²) < 4.78 is 10.5. The Morgan fingerprint density at radius 1 is 1.07 bits per heavy atom. The maximum Gasteiger partial charge on any atom is 0.254 e. The van der Waals surface area contributed by atoms with Crippen LogP contribution in [0.2, 0.25) is 0 Å². The second-order valence-electron chi connectivity index (χ2n) is 6.17. The summed E-state index contributed by atoms with van der Waals surface area (Å²) in [6.45, 7) is 3.47. The largest absolute Gasteiger partial charge is 0.497 e. The van der Waals surface area contributed by atoms with E-state index in [0.29, 0.717) is 17.2 Å². The Kier molecular flexibility index (Phi) is 6.59. The number of rotatable bonds is 9. The highest BCUT2D eigenvalue weighted by molar-refractivity contribution is 5.98. The number of nitrogens with two attached hydrogens (primary N) is 2. The summed E-state index contributed by atoms with van der Waals surface area (Å²) >= 11 is 0. The Labute approximate surface area is 162 Å². The summed E-state index contributed by atoms with van der Waals surface area (Å²) in [5.41, 5.74) is 11.4. The van der Waals surface area contributed by atoms with Crippen LogP contribution in [0.3, 0.4) is 0 Å². The number of primary amides is 2. The van der Waals surface area contributed by atoms with E-state index < -0.39 is 17.7 Å². The highest BCUT2D eigenvalue weighted by Crippen LogP contribution is 2.28. The van der Waals surface area contributed by atoms with Crippen LogP contribution in [0.4, 0.5) is 17.5 Å². The lowest BCUT2D eigenvalue weighted by Gasteiger charge is -2.19. The van der Waals surface area contributed by atoms with Gasteiger partial charge in [0.05, 0.1) is 20.1 Å². The molecule has 2 atom stereocenters. The Morgan fingerprint density at radius 3 is 2.18 bits per heavy atom. The molecule has 0 radical (unpaired) electrons. The van der Waals surface area contributed by atoms with Crippen LogP contribution in [0.1, 0.15) is 24.2 Å². The minimum atomic E-state index is -0.692. The number of amides is 2. The minimum absolute atomic E-state index is 0.0999. The summed E-state index contributed by atoms with van der Waals surface area (Å²) in [7, 11) is 3.06. The second kappa shape index (κ2) is 8.89.